The molecule has 0 aromatic rings. The van der Waals surface area contributed by atoms with E-state index in [1.165, 1.54) is 7.11 Å². The van der Waals surface area contributed by atoms with Crippen molar-refractivity contribution in [2.75, 3.05) is 13.7 Å². The van der Waals surface area contributed by atoms with Crippen molar-refractivity contribution in [1.29, 1.82) is 0 Å². The van der Waals surface area contributed by atoms with Crippen LogP contribution in [0.2, 0.25) is 0 Å². The Balaban J connectivity index is 3.27. The van der Waals surface area contributed by atoms with Crippen LogP contribution in [0.25, 0.3) is 0 Å². The Morgan fingerprint density at radius 2 is 2.00 bits per heavy atom. The summed E-state index contributed by atoms with van der Waals surface area (Å²) in [6, 6.07) is 0. The summed E-state index contributed by atoms with van der Waals surface area (Å²) in [5.74, 6) is -0.154. The van der Waals surface area contributed by atoms with Crippen molar-refractivity contribution in [2.45, 2.75) is 25.7 Å². The Morgan fingerprint density at radius 3 is 2.64 bits per heavy atom. The lowest BCUT2D eigenvalue weighted by atomic mass is 10.2. The number of unbranched alkanes of at least 4 members (excludes halogenated alkanes) is 1. The average Bonchev–Trinajstić information content (AvgIpc) is 2.21. The zero-order valence-electron chi connectivity index (χ0n) is 8.61. The molecule has 80 valence electrons. The molecule has 3 nitrogen and oxygen atoms in total. The lowest BCUT2D eigenvalue weighted by Gasteiger charge is -1.95. The van der Waals surface area contributed by atoms with Crippen LogP contribution in [-0.4, -0.2) is 24.8 Å². The third-order valence-corrected chi connectivity index (χ3v) is 1.69. The SMILES string of the molecule is COC(=O)CCC/C=C/C/C=C/CO. The molecule has 1 N–H and O–H groups in total. The Labute approximate surface area is 85.1 Å². The van der Waals surface area contributed by atoms with E-state index >= 15 is 0 Å². The maximum atomic E-state index is 10.7. The quantitative estimate of drug-likeness (QED) is 0.385. The first-order valence-corrected chi connectivity index (χ1v) is 4.79. The molecule has 0 fully saturated rings. The highest BCUT2D eigenvalue weighted by molar-refractivity contribution is 5.68. The topological polar surface area (TPSA) is 46.5 Å². The highest BCUT2D eigenvalue weighted by atomic mass is 16.5. The minimum Gasteiger partial charge on any atom is -0.469 e. The van der Waals surface area contributed by atoms with Crippen molar-refractivity contribution in [3.8, 4) is 0 Å². The van der Waals surface area contributed by atoms with Gasteiger partial charge in [0.2, 0.25) is 0 Å². The molecule has 0 aromatic carbocycles. The third-order valence-electron chi connectivity index (χ3n) is 1.69. The second-order valence-corrected chi connectivity index (χ2v) is 2.83. The van der Waals surface area contributed by atoms with Gasteiger partial charge in [0.05, 0.1) is 13.7 Å². The molecule has 0 heterocycles. The van der Waals surface area contributed by atoms with Gasteiger partial charge in [0.15, 0.2) is 0 Å². The van der Waals surface area contributed by atoms with Gasteiger partial charge in [-0.1, -0.05) is 24.3 Å². The van der Waals surface area contributed by atoms with Gasteiger partial charge in [-0.3, -0.25) is 4.79 Å². The molecule has 0 atom stereocenters. The van der Waals surface area contributed by atoms with Crippen molar-refractivity contribution in [1.82, 2.24) is 0 Å². The molecule has 0 radical (unpaired) electrons. The van der Waals surface area contributed by atoms with E-state index in [2.05, 4.69) is 4.74 Å². The fourth-order valence-electron chi connectivity index (χ4n) is 0.930. The van der Waals surface area contributed by atoms with Crippen molar-refractivity contribution in [2.24, 2.45) is 0 Å². The van der Waals surface area contributed by atoms with E-state index in [1.54, 1.807) is 6.08 Å². The number of methoxy groups -OCH3 is 1. The zero-order chi connectivity index (χ0) is 10.6. The fraction of sp³-hybridized carbons (Fsp3) is 0.545. The zero-order valence-corrected chi connectivity index (χ0v) is 8.61. The van der Waals surface area contributed by atoms with E-state index < -0.39 is 0 Å². The van der Waals surface area contributed by atoms with E-state index in [0.717, 1.165) is 19.3 Å². The van der Waals surface area contributed by atoms with E-state index in [-0.39, 0.29) is 12.6 Å². The van der Waals surface area contributed by atoms with Crippen molar-refractivity contribution >= 4 is 5.97 Å². The predicted molar refractivity (Wildman–Crippen MR) is 55.8 cm³/mol. The monoisotopic (exact) mass is 198 g/mol. The molecular weight excluding hydrogens is 180 g/mol. The third kappa shape index (κ3) is 9.00. The molecule has 0 aliphatic carbocycles. The first-order chi connectivity index (χ1) is 6.81. The molecule has 3 heteroatoms. The number of carbonyl (C=O) groups is 1. The lowest BCUT2D eigenvalue weighted by Crippen LogP contribution is -1.98. The molecule has 0 unspecified atom stereocenters. The number of esters is 1. The van der Waals surface area contributed by atoms with E-state index in [4.69, 9.17) is 5.11 Å². The van der Waals surface area contributed by atoms with E-state index in [1.807, 2.05) is 18.2 Å². The number of ether oxygens (including phenoxy) is 1. The molecule has 0 saturated heterocycles. The molecule has 0 aromatic heterocycles. The van der Waals surface area contributed by atoms with E-state index in [0.29, 0.717) is 6.42 Å². The molecule has 0 amide bonds. The number of allylic oxidation sites excluding steroid dienone is 3. The van der Waals surface area contributed by atoms with Crippen LogP contribution in [0.3, 0.4) is 0 Å². The smallest absolute Gasteiger partial charge is 0.305 e. The van der Waals surface area contributed by atoms with Crippen molar-refractivity contribution in [3.05, 3.63) is 24.3 Å². The van der Waals surface area contributed by atoms with Gasteiger partial charge in [-0.25, -0.2) is 0 Å². The molecule has 14 heavy (non-hydrogen) atoms. The maximum Gasteiger partial charge on any atom is 0.305 e. The van der Waals surface area contributed by atoms with Crippen LogP contribution >= 0.6 is 0 Å². The predicted octanol–water partition coefficient (Wildman–Crippen LogP) is 1.82. The van der Waals surface area contributed by atoms with Crippen LogP contribution in [0.4, 0.5) is 0 Å². The maximum absolute atomic E-state index is 10.7. The molecule has 0 aliphatic heterocycles. The summed E-state index contributed by atoms with van der Waals surface area (Å²) < 4.78 is 4.51. The summed E-state index contributed by atoms with van der Waals surface area (Å²) in [4.78, 5) is 10.7. The molecule has 0 saturated carbocycles. The van der Waals surface area contributed by atoms with Gasteiger partial charge in [0.1, 0.15) is 0 Å². The number of rotatable bonds is 7. The van der Waals surface area contributed by atoms with Crippen LogP contribution < -0.4 is 0 Å². The summed E-state index contributed by atoms with van der Waals surface area (Å²) in [5, 5.41) is 8.43. The second kappa shape index (κ2) is 9.99. The fourth-order valence-corrected chi connectivity index (χ4v) is 0.930. The number of hydrogen-bond donors (Lipinski definition) is 1. The second-order valence-electron chi connectivity index (χ2n) is 2.83. The van der Waals surface area contributed by atoms with Gasteiger partial charge in [-0.2, -0.15) is 0 Å². The van der Waals surface area contributed by atoms with Crippen LogP contribution in [-0.2, 0) is 9.53 Å². The summed E-state index contributed by atoms with van der Waals surface area (Å²) in [5.41, 5.74) is 0. The van der Waals surface area contributed by atoms with Crippen molar-refractivity contribution in [3.63, 3.8) is 0 Å². The highest BCUT2D eigenvalue weighted by Gasteiger charge is 1.96. The summed E-state index contributed by atoms with van der Waals surface area (Å²) in [7, 11) is 1.40. The summed E-state index contributed by atoms with van der Waals surface area (Å²) >= 11 is 0. The van der Waals surface area contributed by atoms with Gasteiger partial charge in [-0.05, 0) is 19.3 Å². The van der Waals surface area contributed by atoms with Crippen molar-refractivity contribution < 1.29 is 14.6 Å². The highest BCUT2D eigenvalue weighted by Crippen LogP contribution is 1.99. The van der Waals surface area contributed by atoms with Gasteiger partial charge in [0.25, 0.3) is 0 Å². The molecule has 0 bridgehead atoms. The Kier molecular flexibility index (Phi) is 9.22. The minimum atomic E-state index is -0.154. The number of carbonyl (C=O) groups excluding carboxylic acids is 1. The van der Waals surface area contributed by atoms with E-state index in [9.17, 15) is 4.79 Å². The Morgan fingerprint density at radius 1 is 1.29 bits per heavy atom. The summed E-state index contributed by atoms with van der Waals surface area (Å²) in [6.45, 7) is 0.0934. The van der Waals surface area contributed by atoms with Gasteiger partial charge >= 0.3 is 5.97 Å². The largest absolute Gasteiger partial charge is 0.469 e. The minimum absolute atomic E-state index is 0.0934. The molecule has 0 rings (SSSR count). The van der Waals surface area contributed by atoms with Gasteiger partial charge in [-0.15, -0.1) is 0 Å². The van der Waals surface area contributed by atoms with Crippen LogP contribution in [0.15, 0.2) is 24.3 Å². The first kappa shape index (κ1) is 12.9. The number of hydrogen-bond acceptors (Lipinski definition) is 3. The molecule has 0 spiro atoms. The Bertz CT molecular complexity index is 195. The van der Waals surface area contributed by atoms with Crippen LogP contribution in [0.5, 0.6) is 0 Å². The molecule has 0 aliphatic rings. The van der Waals surface area contributed by atoms with Crippen LogP contribution in [0, 0.1) is 0 Å². The summed E-state index contributed by atoms with van der Waals surface area (Å²) in [6.07, 6.45) is 10.7. The van der Waals surface area contributed by atoms with Gasteiger partial charge in [0, 0.05) is 6.42 Å². The Hall–Kier alpha value is -1.09. The average molecular weight is 198 g/mol. The number of aliphatic hydroxyl groups is 1. The lowest BCUT2D eigenvalue weighted by molar-refractivity contribution is -0.140. The number of aliphatic hydroxyl groups excluding tert-OH is 1. The normalized spacial score (nSPS) is 11.3. The molecular formula is C11H18O3. The van der Waals surface area contributed by atoms with Crippen LogP contribution in [0.1, 0.15) is 25.7 Å². The standard InChI is InChI=1S/C11H18O3/c1-14-11(13)9-7-5-3-2-4-6-8-10-12/h2-3,6,8,12H,4-5,7,9-10H2,1H3/b3-2+,8-6+. The first-order valence-electron chi connectivity index (χ1n) is 4.79. The van der Waals surface area contributed by atoms with Gasteiger partial charge < -0.3 is 9.84 Å².